The van der Waals surface area contributed by atoms with Crippen molar-refractivity contribution in [2.75, 3.05) is 45.9 Å². The van der Waals surface area contributed by atoms with E-state index in [0.29, 0.717) is 12.6 Å². The quantitative estimate of drug-likeness (QED) is 0.929. The molecule has 2 saturated heterocycles. The lowest BCUT2D eigenvalue weighted by molar-refractivity contribution is 0.0745. The molecule has 0 amide bonds. The number of H-pyrrole nitrogens is 1. The molecule has 1 atom stereocenters. The number of hydrogen-bond acceptors (Lipinski definition) is 3. The van der Waals surface area contributed by atoms with Gasteiger partial charge in [0, 0.05) is 62.4 Å². The van der Waals surface area contributed by atoms with Gasteiger partial charge in [-0.05, 0) is 31.0 Å². The molecule has 4 rings (SSSR count). The van der Waals surface area contributed by atoms with Crippen molar-refractivity contribution in [2.24, 2.45) is 0 Å². The Balaban J connectivity index is 1.44. The second-order valence-corrected chi connectivity index (χ2v) is 7.52. The van der Waals surface area contributed by atoms with E-state index in [1.54, 1.807) is 0 Å². The Bertz CT molecular complexity index is 697. The first-order valence-corrected chi connectivity index (χ1v) is 9.51. The van der Waals surface area contributed by atoms with E-state index in [9.17, 15) is 0 Å². The number of nitrogens with zero attached hydrogens (tertiary/aromatic N) is 3. The third-order valence-electron chi connectivity index (χ3n) is 5.57. The predicted octanol–water partition coefficient (Wildman–Crippen LogP) is 2.37. The highest BCUT2D eigenvalue weighted by Gasteiger charge is 2.20. The summed E-state index contributed by atoms with van der Waals surface area (Å²) in [4.78, 5) is 8.60. The van der Waals surface area contributed by atoms with Crippen LogP contribution in [-0.2, 0) is 11.3 Å². The molecule has 3 heterocycles. The summed E-state index contributed by atoms with van der Waals surface area (Å²) in [5, 5.41) is 6.02. The zero-order valence-corrected chi connectivity index (χ0v) is 15.4. The molecule has 1 unspecified atom stereocenters. The molecular formula is C20H29N4O. The average Bonchev–Trinajstić information content (AvgIpc) is 3.05. The number of fused-ring (bicyclic) bond motifs is 1. The smallest absolute Gasteiger partial charge is 0.0731 e. The fraction of sp³-hybridized carbons (Fsp3) is 0.600. The summed E-state index contributed by atoms with van der Waals surface area (Å²) in [6, 6.07) is 7.57. The lowest BCUT2D eigenvalue weighted by Crippen LogP contribution is -2.48. The Hall–Kier alpha value is -1.40. The van der Waals surface area contributed by atoms with E-state index in [1.165, 1.54) is 35.1 Å². The monoisotopic (exact) mass is 341 g/mol. The molecule has 1 radical (unpaired) electrons. The molecule has 1 N–H and O–H groups in total. The van der Waals surface area contributed by atoms with Crippen molar-refractivity contribution in [1.82, 2.24) is 20.1 Å². The van der Waals surface area contributed by atoms with Crippen molar-refractivity contribution in [2.45, 2.75) is 32.5 Å². The highest BCUT2D eigenvalue weighted by molar-refractivity contribution is 5.83. The summed E-state index contributed by atoms with van der Waals surface area (Å²) in [6.45, 7) is 12.5. The summed E-state index contributed by atoms with van der Waals surface area (Å²) in [6.07, 6.45) is 2.18. The van der Waals surface area contributed by atoms with Gasteiger partial charge in [0.05, 0.1) is 19.3 Å². The molecule has 0 bridgehead atoms. The molecular weight excluding hydrogens is 312 g/mol. The van der Waals surface area contributed by atoms with E-state index in [1.807, 2.05) is 0 Å². The van der Waals surface area contributed by atoms with Gasteiger partial charge in [0.25, 0.3) is 0 Å². The number of rotatable bonds is 4. The van der Waals surface area contributed by atoms with Crippen molar-refractivity contribution in [1.29, 1.82) is 0 Å². The first kappa shape index (κ1) is 17.0. The molecule has 25 heavy (non-hydrogen) atoms. The molecule has 5 nitrogen and oxygen atoms in total. The zero-order chi connectivity index (χ0) is 17.2. The molecule has 5 heteroatoms. The Morgan fingerprint density at radius 3 is 2.80 bits per heavy atom. The van der Waals surface area contributed by atoms with Crippen LogP contribution in [0.4, 0.5) is 0 Å². The van der Waals surface area contributed by atoms with E-state index in [-0.39, 0.29) is 6.04 Å². The van der Waals surface area contributed by atoms with E-state index >= 15 is 0 Å². The van der Waals surface area contributed by atoms with E-state index in [4.69, 9.17) is 4.74 Å². The van der Waals surface area contributed by atoms with Crippen molar-refractivity contribution >= 4 is 10.9 Å². The largest absolute Gasteiger partial charge is 0.378 e. The number of nitrogens with one attached hydrogen (secondary N) is 1. The maximum absolute atomic E-state index is 5.57. The maximum Gasteiger partial charge on any atom is 0.0731 e. The van der Waals surface area contributed by atoms with Gasteiger partial charge in [-0.1, -0.05) is 12.1 Å². The van der Waals surface area contributed by atoms with E-state index < -0.39 is 0 Å². The Kier molecular flexibility index (Phi) is 5.08. The first-order chi connectivity index (χ1) is 12.2. The minimum atomic E-state index is 0.189. The molecule has 0 spiro atoms. The van der Waals surface area contributed by atoms with Crippen LogP contribution < -0.4 is 5.32 Å². The SMILES string of the molecule is CC(C)N1CCN(Cc2c[nH]c3cc(C4COCC[N]4)ccc23)CC1. The Morgan fingerprint density at radius 2 is 2.08 bits per heavy atom. The summed E-state index contributed by atoms with van der Waals surface area (Å²) < 4.78 is 5.57. The molecule has 135 valence electrons. The number of aromatic nitrogens is 1. The number of benzene rings is 1. The highest BCUT2D eigenvalue weighted by Crippen LogP contribution is 2.25. The van der Waals surface area contributed by atoms with Crippen LogP contribution in [0.3, 0.4) is 0 Å². The lowest BCUT2D eigenvalue weighted by Gasteiger charge is -2.36. The van der Waals surface area contributed by atoms with Gasteiger partial charge in [0.1, 0.15) is 0 Å². The number of hydrogen-bond donors (Lipinski definition) is 1. The molecule has 1 aromatic heterocycles. The molecule has 2 aliphatic heterocycles. The third-order valence-corrected chi connectivity index (χ3v) is 5.57. The standard InChI is InChI=1S/C20H29N4O/c1-15(2)24-8-6-23(7-9-24)13-17-12-22-19-11-16(3-4-18(17)19)20-14-25-10-5-21-20/h3-4,11-12,15,20,22H,5-10,13-14H2,1-2H3. The van der Waals surface area contributed by atoms with Crippen LogP contribution in [0, 0.1) is 0 Å². The van der Waals surface area contributed by atoms with Gasteiger partial charge in [-0.2, -0.15) is 0 Å². The number of morpholine rings is 1. The molecule has 2 aromatic rings. The lowest BCUT2D eigenvalue weighted by atomic mass is 10.0. The molecule has 1 aromatic carbocycles. The minimum Gasteiger partial charge on any atom is -0.378 e. The number of aromatic amines is 1. The van der Waals surface area contributed by atoms with Gasteiger partial charge >= 0.3 is 0 Å². The minimum absolute atomic E-state index is 0.189. The molecule has 2 aliphatic rings. The Morgan fingerprint density at radius 1 is 1.24 bits per heavy atom. The van der Waals surface area contributed by atoms with Crippen LogP contribution >= 0.6 is 0 Å². The van der Waals surface area contributed by atoms with Crippen molar-refractivity contribution in [3.05, 3.63) is 35.5 Å². The van der Waals surface area contributed by atoms with Crippen LogP contribution in [0.15, 0.2) is 24.4 Å². The summed E-state index contributed by atoms with van der Waals surface area (Å²) in [5.74, 6) is 0. The Labute approximate surface area is 150 Å². The first-order valence-electron chi connectivity index (χ1n) is 9.51. The molecule has 0 saturated carbocycles. The topological polar surface area (TPSA) is 45.6 Å². The summed E-state index contributed by atoms with van der Waals surface area (Å²) in [5.41, 5.74) is 3.87. The van der Waals surface area contributed by atoms with Crippen LogP contribution in [0.2, 0.25) is 0 Å². The second-order valence-electron chi connectivity index (χ2n) is 7.52. The fourth-order valence-electron chi connectivity index (χ4n) is 3.94. The van der Waals surface area contributed by atoms with Gasteiger partial charge in [0.15, 0.2) is 0 Å². The van der Waals surface area contributed by atoms with Crippen LogP contribution in [0.25, 0.3) is 10.9 Å². The predicted molar refractivity (Wildman–Crippen MR) is 101 cm³/mol. The van der Waals surface area contributed by atoms with Crippen LogP contribution in [-0.4, -0.2) is 66.8 Å². The van der Waals surface area contributed by atoms with Crippen molar-refractivity contribution in [3.8, 4) is 0 Å². The second kappa shape index (κ2) is 7.46. The molecule has 2 fully saturated rings. The van der Waals surface area contributed by atoms with Crippen molar-refractivity contribution in [3.63, 3.8) is 0 Å². The summed E-state index contributed by atoms with van der Waals surface area (Å²) >= 11 is 0. The highest BCUT2D eigenvalue weighted by atomic mass is 16.5. The molecule has 0 aliphatic carbocycles. The van der Waals surface area contributed by atoms with Gasteiger partial charge in [-0.3, -0.25) is 9.80 Å². The maximum atomic E-state index is 5.57. The van der Waals surface area contributed by atoms with Crippen molar-refractivity contribution < 1.29 is 4.74 Å². The normalized spacial score (nSPS) is 23.6. The average molecular weight is 341 g/mol. The van der Waals surface area contributed by atoms with E-state index in [2.05, 4.69) is 58.3 Å². The zero-order valence-electron chi connectivity index (χ0n) is 15.4. The van der Waals surface area contributed by atoms with Gasteiger partial charge in [0.2, 0.25) is 0 Å². The van der Waals surface area contributed by atoms with Gasteiger partial charge < -0.3 is 9.72 Å². The van der Waals surface area contributed by atoms with Crippen LogP contribution in [0.1, 0.15) is 31.0 Å². The number of ether oxygens (including phenoxy) is 1. The van der Waals surface area contributed by atoms with Gasteiger partial charge in [-0.15, -0.1) is 0 Å². The van der Waals surface area contributed by atoms with Gasteiger partial charge in [-0.25, -0.2) is 5.32 Å². The van der Waals surface area contributed by atoms with E-state index in [0.717, 1.165) is 32.8 Å². The third kappa shape index (κ3) is 3.75. The van der Waals surface area contributed by atoms with Crippen LogP contribution in [0.5, 0.6) is 0 Å². The number of piperazine rings is 1. The fourth-order valence-corrected chi connectivity index (χ4v) is 3.94. The summed E-state index contributed by atoms with van der Waals surface area (Å²) in [7, 11) is 0.